The largest absolute Gasteiger partial charge is 0.303 e. The zero-order valence-corrected chi connectivity index (χ0v) is 20.6. The summed E-state index contributed by atoms with van der Waals surface area (Å²) in [5, 5.41) is 1.51. The van der Waals surface area contributed by atoms with Crippen LogP contribution in [-0.2, 0) is 0 Å². The van der Waals surface area contributed by atoms with Crippen molar-refractivity contribution in [2.45, 2.75) is 19.3 Å². The lowest BCUT2D eigenvalue weighted by Crippen LogP contribution is -2.53. The molecule has 0 bridgehead atoms. The van der Waals surface area contributed by atoms with E-state index >= 15 is 0 Å². The van der Waals surface area contributed by atoms with E-state index in [0.29, 0.717) is 16.8 Å². The number of halogens is 1. The molecule has 1 aromatic carbocycles. The molecule has 2 fully saturated rings. The predicted molar refractivity (Wildman–Crippen MR) is 143 cm³/mol. The quantitative estimate of drug-likeness (QED) is 0.402. The highest BCUT2D eigenvalue weighted by Crippen LogP contribution is 2.46. The van der Waals surface area contributed by atoms with Crippen LogP contribution in [0.15, 0.2) is 82.4 Å². The van der Waals surface area contributed by atoms with Gasteiger partial charge in [-0.25, -0.2) is 4.98 Å². The van der Waals surface area contributed by atoms with Gasteiger partial charge < -0.3 is 4.90 Å². The van der Waals surface area contributed by atoms with Crippen molar-refractivity contribution in [1.29, 1.82) is 0 Å². The summed E-state index contributed by atoms with van der Waals surface area (Å²) in [5.74, 6) is 8.85. The monoisotopic (exact) mass is 496 g/mol. The van der Waals surface area contributed by atoms with Crippen LogP contribution < -0.4 is 5.84 Å². The lowest BCUT2D eigenvalue weighted by atomic mass is 9.72. The van der Waals surface area contributed by atoms with E-state index in [1.807, 2.05) is 54.9 Å². The molecule has 1 atom stereocenters. The highest BCUT2D eigenvalue weighted by molar-refractivity contribution is 6.38. The van der Waals surface area contributed by atoms with Crippen molar-refractivity contribution in [2.75, 3.05) is 19.6 Å². The van der Waals surface area contributed by atoms with Crippen molar-refractivity contribution in [1.82, 2.24) is 14.9 Å². The van der Waals surface area contributed by atoms with Gasteiger partial charge in [0.05, 0.1) is 39.9 Å². The zero-order valence-electron chi connectivity index (χ0n) is 19.9. The van der Waals surface area contributed by atoms with Gasteiger partial charge in [-0.3, -0.25) is 9.98 Å². The summed E-state index contributed by atoms with van der Waals surface area (Å²) in [6.07, 6.45) is 10.9. The summed E-state index contributed by atoms with van der Waals surface area (Å²) in [4.78, 5) is 21.4. The van der Waals surface area contributed by atoms with Crippen molar-refractivity contribution in [3.63, 3.8) is 0 Å². The first-order chi connectivity index (χ1) is 17.6. The highest BCUT2D eigenvalue weighted by atomic mass is 35.5. The number of allylic oxidation sites excluding steroid dienone is 2. The number of aliphatic imine (C=N–C) groups is 2. The topological polar surface area (TPSA) is 79.8 Å². The normalized spacial score (nSPS) is 27.1. The van der Waals surface area contributed by atoms with Crippen LogP contribution in [0.25, 0.3) is 22.3 Å². The minimum Gasteiger partial charge on any atom is -0.303 e. The summed E-state index contributed by atoms with van der Waals surface area (Å²) in [6.45, 7) is 3.69. The van der Waals surface area contributed by atoms with Gasteiger partial charge in [-0.05, 0) is 62.5 Å². The molecule has 8 heteroatoms. The van der Waals surface area contributed by atoms with Crippen LogP contribution >= 0.6 is 11.6 Å². The Labute approximate surface area is 214 Å². The number of rotatable bonds is 5. The fourth-order valence-electron chi connectivity index (χ4n) is 5.71. The molecule has 1 saturated heterocycles. The minimum absolute atomic E-state index is 0.0166. The molecular formula is C28H27ClN7+. The first-order valence-electron chi connectivity index (χ1n) is 12.6. The molecule has 5 heterocycles. The number of quaternary nitrogens is 1. The number of pyridine rings is 2. The Morgan fingerprint density at radius 1 is 1.06 bits per heavy atom. The van der Waals surface area contributed by atoms with Gasteiger partial charge >= 0.3 is 0 Å². The molecular weight excluding hydrogens is 470 g/mol. The molecule has 1 aliphatic carbocycles. The number of fused-ring (bicyclic) bond motifs is 2. The molecule has 1 saturated carbocycles. The molecule has 4 aliphatic rings. The van der Waals surface area contributed by atoms with Crippen LogP contribution in [0.4, 0.5) is 0 Å². The SMILES string of the molecule is N[N+]12C=CN=CC1=C(C1CC(CN3CCC3)C1)N=C2c1ccc2ccc(-c3ccccn3)nc2c1Cl. The van der Waals surface area contributed by atoms with Gasteiger partial charge in [0.15, 0.2) is 0 Å². The summed E-state index contributed by atoms with van der Waals surface area (Å²) in [7, 11) is 0. The molecule has 36 heavy (non-hydrogen) atoms. The molecule has 1 unspecified atom stereocenters. The second-order valence-electron chi connectivity index (χ2n) is 10.2. The molecule has 7 nitrogen and oxygen atoms in total. The Balaban J connectivity index is 1.26. The van der Waals surface area contributed by atoms with E-state index in [0.717, 1.165) is 58.0 Å². The lowest BCUT2D eigenvalue weighted by molar-refractivity contribution is -0.750. The van der Waals surface area contributed by atoms with Crippen LogP contribution in [0.2, 0.25) is 5.02 Å². The number of amidine groups is 1. The maximum atomic E-state index is 7.04. The Bertz CT molecular complexity index is 1480. The van der Waals surface area contributed by atoms with Crippen LogP contribution in [0.5, 0.6) is 0 Å². The van der Waals surface area contributed by atoms with Gasteiger partial charge in [0, 0.05) is 24.0 Å². The number of nitrogens with zero attached hydrogens (tertiary/aromatic N) is 6. The van der Waals surface area contributed by atoms with Gasteiger partial charge in [-0.1, -0.05) is 29.8 Å². The molecule has 180 valence electrons. The maximum absolute atomic E-state index is 7.04. The Kier molecular flexibility index (Phi) is 5.15. The van der Waals surface area contributed by atoms with E-state index in [1.54, 1.807) is 12.4 Å². The molecule has 3 aliphatic heterocycles. The minimum atomic E-state index is -0.0166. The van der Waals surface area contributed by atoms with Crippen LogP contribution in [0.3, 0.4) is 0 Å². The number of hydrogen-bond acceptors (Lipinski definition) is 6. The first-order valence-corrected chi connectivity index (χ1v) is 12.9. The van der Waals surface area contributed by atoms with Gasteiger partial charge in [-0.2, -0.15) is 10.8 Å². The number of likely N-dealkylation sites (tertiary alicyclic amines) is 1. The van der Waals surface area contributed by atoms with E-state index in [2.05, 4.69) is 14.9 Å². The van der Waals surface area contributed by atoms with Crippen LogP contribution in [0.1, 0.15) is 24.8 Å². The average Bonchev–Trinajstić information content (AvgIpc) is 3.15. The second kappa shape index (κ2) is 8.42. The molecule has 0 spiro atoms. The zero-order chi connectivity index (χ0) is 24.3. The predicted octanol–water partition coefficient (Wildman–Crippen LogP) is 4.90. The summed E-state index contributed by atoms with van der Waals surface area (Å²) in [6, 6.07) is 13.8. The molecule has 2 N–H and O–H groups in total. The fourth-order valence-corrected chi connectivity index (χ4v) is 6.01. The van der Waals surface area contributed by atoms with Crippen molar-refractivity contribution in [3.05, 3.63) is 83.0 Å². The number of aromatic nitrogens is 2. The van der Waals surface area contributed by atoms with Crippen LogP contribution in [0, 0.1) is 11.8 Å². The van der Waals surface area contributed by atoms with Crippen molar-refractivity contribution < 1.29 is 4.59 Å². The molecule has 0 amide bonds. The van der Waals surface area contributed by atoms with Gasteiger partial charge in [0.1, 0.15) is 11.9 Å². The van der Waals surface area contributed by atoms with Gasteiger partial charge in [-0.15, -0.1) is 4.59 Å². The number of hydrogen-bond donors (Lipinski definition) is 1. The molecule has 7 rings (SSSR count). The third-order valence-corrected chi connectivity index (χ3v) is 8.26. The molecule has 0 radical (unpaired) electrons. The lowest BCUT2D eigenvalue weighted by Gasteiger charge is -2.41. The van der Waals surface area contributed by atoms with Crippen molar-refractivity contribution >= 4 is 34.6 Å². The molecule has 3 aromatic rings. The Morgan fingerprint density at radius 3 is 2.69 bits per heavy atom. The number of nitrogens with two attached hydrogens (primary N) is 1. The highest BCUT2D eigenvalue weighted by Gasteiger charge is 2.48. The number of benzene rings is 1. The van der Waals surface area contributed by atoms with Crippen molar-refractivity contribution in [2.24, 2.45) is 27.7 Å². The third kappa shape index (κ3) is 3.46. The molecule has 2 aromatic heterocycles. The van der Waals surface area contributed by atoms with Gasteiger partial charge in [0.2, 0.25) is 5.70 Å². The van der Waals surface area contributed by atoms with Gasteiger partial charge in [0.25, 0.3) is 5.84 Å². The van der Waals surface area contributed by atoms with E-state index in [4.69, 9.17) is 27.4 Å². The standard InChI is InChI=1S/C28H27ClN7/c29-25-21(7-5-19-6-8-23(33-27(19)25)22-4-1-2-9-32-22)28-34-26(24-16-31-10-13-36(24,28)30)20-14-18(15-20)17-35-11-3-12-35/h1-2,4-10,13,16,18,20H,3,11-12,14-15,17,30H2/q+1. The van der Waals surface area contributed by atoms with Crippen molar-refractivity contribution in [3.8, 4) is 11.4 Å². The van der Waals surface area contributed by atoms with E-state index in [-0.39, 0.29) is 4.59 Å². The van der Waals surface area contributed by atoms with E-state index < -0.39 is 0 Å². The fraction of sp³-hybridized carbons (Fsp3) is 0.286. The Morgan fingerprint density at radius 2 is 1.92 bits per heavy atom. The average molecular weight is 497 g/mol. The van der Waals surface area contributed by atoms with E-state index in [9.17, 15) is 0 Å². The van der Waals surface area contributed by atoms with E-state index in [1.165, 1.54) is 26.1 Å². The summed E-state index contributed by atoms with van der Waals surface area (Å²) < 4.78 is -0.0166. The first kappa shape index (κ1) is 22.0. The van der Waals surface area contributed by atoms with Crippen LogP contribution in [-0.4, -0.2) is 51.1 Å². The maximum Gasteiger partial charge on any atom is 0.266 e. The summed E-state index contributed by atoms with van der Waals surface area (Å²) in [5.41, 5.74) is 5.08. The Hall–Kier alpha value is -3.23. The second-order valence-corrected chi connectivity index (χ2v) is 10.5. The smallest absolute Gasteiger partial charge is 0.266 e. The summed E-state index contributed by atoms with van der Waals surface area (Å²) >= 11 is 7.04. The third-order valence-electron chi connectivity index (χ3n) is 7.88.